The summed E-state index contributed by atoms with van der Waals surface area (Å²) >= 11 is 0. The molecule has 0 spiro atoms. The van der Waals surface area contributed by atoms with Gasteiger partial charge in [0.1, 0.15) is 5.60 Å². The van der Waals surface area contributed by atoms with E-state index in [2.05, 4.69) is 0 Å². The lowest BCUT2D eigenvalue weighted by Crippen LogP contribution is -2.40. The van der Waals surface area contributed by atoms with Crippen LogP contribution >= 0.6 is 0 Å². The first-order valence-corrected chi connectivity index (χ1v) is 5.84. The number of carboxylic acid groups (broad SMARTS) is 1. The van der Waals surface area contributed by atoms with Crippen molar-refractivity contribution in [3.8, 4) is 0 Å². The monoisotopic (exact) mass is 244 g/mol. The predicted molar refractivity (Wildman–Crippen MR) is 60.3 cm³/mol. The van der Waals surface area contributed by atoms with Gasteiger partial charge in [0.05, 0.1) is 17.9 Å². The normalized spacial score (nSPS) is 29.8. The van der Waals surface area contributed by atoms with E-state index in [1.165, 1.54) is 0 Å². The molecule has 1 fully saturated rings. The lowest BCUT2D eigenvalue weighted by molar-refractivity contribution is -0.170. The largest absolute Gasteiger partial charge is 0.481 e. The van der Waals surface area contributed by atoms with E-state index in [0.29, 0.717) is 12.8 Å². The standard InChI is InChI=1S/C12H20O5/c1-12(2,3)17-11(16)8-5-4-7(13)6-9(8)10(14)15/h7-9,13H,4-6H2,1-3H3,(H,14,15). The first-order valence-electron chi connectivity index (χ1n) is 5.84. The van der Waals surface area contributed by atoms with Gasteiger partial charge in [0.2, 0.25) is 0 Å². The number of ether oxygens (including phenoxy) is 1. The maximum Gasteiger partial charge on any atom is 0.310 e. The van der Waals surface area contributed by atoms with Crippen molar-refractivity contribution in [1.82, 2.24) is 0 Å². The molecule has 5 nitrogen and oxygen atoms in total. The summed E-state index contributed by atoms with van der Waals surface area (Å²) in [6.45, 7) is 5.25. The average Bonchev–Trinajstić information content (AvgIpc) is 2.14. The number of rotatable bonds is 2. The van der Waals surface area contributed by atoms with Crippen molar-refractivity contribution >= 4 is 11.9 Å². The summed E-state index contributed by atoms with van der Waals surface area (Å²) in [5.41, 5.74) is -0.615. The molecule has 98 valence electrons. The summed E-state index contributed by atoms with van der Waals surface area (Å²) < 4.78 is 5.21. The molecule has 1 saturated carbocycles. The third kappa shape index (κ3) is 4.00. The zero-order valence-corrected chi connectivity index (χ0v) is 10.5. The van der Waals surface area contributed by atoms with Gasteiger partial charge in [0.25, 0.3) is 0 Å². The third-order valence-corrected chi connectivity index (χ3v) is 2.85. The van der Waals surface area contributed by atoms with Crippen LogP contribution in [0.3, 0.4) is 0 Å². The van der Waals surface area contributed by atoms with Gasteiger partial charge in [-0.3, -0.25) is 9.59 Å². The number of carbonyl (C=O) groups is 2. The Kier molecular flexibility index (Phi) is 4.14. The fraction of sp³-hybridized carbons (Fsp3) is 0.833. The SMILES string of the molecule is CC(C)(C)OC(=O)C1CCC(O)CC1C(=O)O. The van der Waals surface area contributed by atoms with Crippen molar-refractivity contribution in [1.29, 1.82) is 0 Å². The fourth-order valence-electron chi connectivity index (χ4n) is 2.08. The minimum Gasteiger partial charge on any atom is -0.481 e. The van der Waals surface area contributed by atoms with Crippen LogP contribution in [0.2, 0.25) is 0 Å². The van der Waals surface area contributed by atoms with Gasteiger partial charge in [-0.05, 0) is 40.0 Å². The predicted octanol–water partition coefficient (Wildman–Crippen LogP) is 1.19. The zero-order valence-electron chi connectivity index (χ0n) is 10.5. The van der Waals surface area contributed by atoms with Crippen molar-refractivity contribution in [2.24, 2.45) is 11.8 Å². The van der Waals surface area contributed by atoms with Crippen LogP contribution < -0.4 is 0 Å². The number of hydrogen-bond acceptors (Lipinski definition) is 4. The van der Waals surface area contributed by atoms with Gasteiger partial charge >= 0.3 is 11.9 Å². The van der Waals surface area contributed by atoms with Crippen LogP contribution in [0.1, 0.15) is 40.0 Å². The van der Waals surface area contributed by atoms with Gasteiger partial charge in [-0.15, -0.1) is 0 Å². The summed E-state index contributed by atoms with van der Waals surface area (Å²) in [5.74, 6) is -3.00. The maximum absolute atomic E-state index is 11.9. The lowest BCUT2D eigenvalue weighted by atomic mass is 9.78. The van der Waals surface area contributed by atoms with Crippen LogP contribution in [0.25, 0.3) is 0 Å². The molecule has 17 heavy (non-hydrogen) atoms. The number of carboxylic acids is 1. The smallest absolute Gasteiger partial charge is 0.310 e. The molecule has 1 rings (SSSR count). The molecule has 1 aliphatic rings. The third-order valence-electron chi connectivity index (χ3n) is 2.85. The number of esters is 1. The van der Waals surface area contributed by atoms with Crippen molar-refractivity contribution in [2.45, 2.75) is 51.7 Å². The number of aliphatic hydroxyl groups is 1. The Balaban J connectivity index is 2.73. The Labute approximate surface area is 101 Å². The van der Waals surface area contributed by atoms with Gasteiger partial charge in [0, 0.05) is 0 Å². The second-order valence-electron chi connectivity index (χ2n) is 5.55. The van der Waals surface area contributed by atoms with Crippen LogP contribution in [0.4, 0.5) is 0 Å². The molecule has 0 radical (unpaired) electrons. The van der Waals surface area contributed by atoms with Crippen molar-refractivity contribution in [2.75, 3.05) is 0 Å². The summed E-state index contributed by atoms with van der Waals surface area (Å²) in [4.78, 5) is 22.9. The lowest BCUT2D eigenvalue weighted by Gasteiger charge is -2.32. The van der Waals surface area contributed by atoms with Gasteiger partial charge in [-0.1, -0.05) is 0 Å². The van der Waals surface area contributed by atoms with E-state index in [9.17, 15) is 14.7 Å². The summed E-state index contributed by atoms with van der Waals surface area (Å²) in [6, 6.07) is 0. The molecule has 1 aliphatic carbocycles. The molecule has 3 unspecified atom stereocenters. The topological polar surface area (TPSA) is 83.8 Å². The first-order chi connectivity index (χ1) is 7.70. The van der Waals surface area contributed by atoms with Crippen molar-refractivity contribution in [3.05, 3.63) is 0 Å². The number of carbonyl (C=O) groups excluding carboxylic acids is 1. The van der Waals surface area contributed by atoms with Crippen LogP contribution in [0.5, 0.6) is 0 Å². The van der Waals surface area contributed by atoms with E-state index in [4.69, 9.17) is 9.84 Å². The van der Waals surface area contributed by atoms with Gasteiger partial charge < -0.3 is 14.9 Å². The van der Waals surface area contributed by atoms with Gasteiger partial charge in [-0.2, -0.15) is 0 Å². The fourth-order valence-corrected chi connectivity index (χ4v) is 2.08. The van der Waals surface area contributed by atoms with E-state index in [1.807, 2.05) is 0 Å². The second kappa shape index (κ2) is 5.04. The molecule has 0 aromatic heterocycles. The highest BCUT2D eigenvalue weighted by Crippen LogP contribution is 2.32. The quantitative estimate of drug-likeness (QED) is 0.713. The Morgan fingerprint density at radius 1 is 1.18 bits per heavy atom. The van der Waals surface area contributed by atoms with Crippen molar-refractivity contribution in [3.63, 3.8) is 0 Å². The Morgan fingerprint density at radius 2 is 1.76 bits per heavy atom. The molecule has 0 heterocycles. The van der Waals surface area contributed by atoms with E-state index in [0.717, 1.165) is 0 Å². The summed E-state index contributed by atoms with van der Waals surface area (Å²) in [5, 5.41) is 18.5. The molecule has 0 aromatic rings. The molecule has 3 atom stereocenters. The van der Waals surface area contributed by atoms with E-state index >= 15 is 0 Å². The molecular formula is C12H20O5. The highest BCUT2D eigenvalue weighted by Gasteiger charge is 2.40. The number of aliphatic hydroxyl groups excluding tert-OH is 1. The first kappa shape index (κ1) is 14.0. The number of aliphatic carboxylic acids is 1. The second-order valence-corrected chi connectivity index (χ2v) is 5.55. The minimum atomic E-state index is -1.04. The Morgan fingerprint density at radius 3 is 2.24 bits per heavy atom. The van der Waals surface area contributed by atoms with E-state index in [-0.39, 0.29) is 6.42 Å². The molecule has 0 aliphatic heterocycles. The summed E-state index contributed by atoms with van der Waals surface area (Å²) in [6.07, 6.45) is 0.315. The van der Waals surface area contributed by atoms with Crippen LogP contribution in [-0.2, 0) is 14.3 Å². The highest BCUT2D eigenvalue weighted by molar-refractivity contribution is 5.81. The molecule has 0 saturated heterocycles. The molecular weight excluding hydrogens is 224 g/mol. The van der Waals surface area contributed by atoms with Crippen LogP contribution in [0, 0.1) is 11.8 Å². The van der Waals surface area contributed by atoms with E-state index < -0.39 is 35.5 Å². The molecule has 0 bridgehead atoms. The average molecular weight is 244 g/mol. The summed E-state index contributed by atoms with van der Waals surface area (Å²) in [7, 11) is 0. The molecule has 0 aromatic carbocycles. The van der Waals surface area contributed by atoms with Crippen LogP contribution in [0.15, 0.2) is 0 Å². The van der Waals surface area contributed by atoms with Crippen molar-refractivity contribution < 1.29 is 24.5 Å². The highest BCUT2D eigenvalue weighted by atomic mass is 16.6. The van der Waals surface area contributed by atoms with Gasteiger partial charge in [-0.25, -0.2) is 0 Å². The van der Waals surface area contributed by atoms with E-state index in [1.54, 1.807) is 20.8 Å². The minimum absolute atomic E-state index is 0.124. The molecule has 5 heteroatoms. The van der Waals surface area contributed by atoms with Gasteiger partial charge in [0.15, 0.2) is 0 Å². The Hall–Kier alpha value is -1.10. The maximum atomic E-state index is 11.9. The molecule has 2 N–H and O–H groups in total. The zero-order chi connectivity index (χ0) is 13.2. The van der Waals surface area contributed by atoms with Crippen LogP contribution in [-0.4, -0.2) is 33.9 Å². The Bertz CT molecular complexity index is 305. The molecule has 0 amide bonds. The number of hydrogen-bond donors (Lipinski definition) is 2.